The van der Waals surface area contributed by atoms with Crippen molar-refractivity contribution in [1.82, 2.24) is 0 Å². The Kier molecular flexibility index (Phi) is 4.59. The fraction of sp³-hybridized carbons (Fsp3) is 0.455. The molecule has 0 saturated carbocycles. The van der Waals surface area contributed by atoms with Crippen molar-refractivity contribution in [2.45, 2.75) is 13.8 Å². The lowest BCUT2D eigenvalue weighted by Gasteiger charge is -2.21. The van der Waals surface area contributed by atoms with Gasteiger partial charge in [-0.2, -0.15) is 0 Å². The molecule has 0 aliphatic carbocycles. The molecule has 84 valence electrons. The highest BCUT2D eigenvalue weighted by atomic mass is 79.9. The average molecular weight is 340 g/mol. The normalized spacial score (nSPS) is 11.5. The third-order valence-corrected chi connectivity index (χ3v) is 4.01. The highest BCUT2D eigenvalue weighted by molar-refractivity contribution is 9.10. The van der Waals surface area contributed by atoms with Crippen LogP contribution in [0, 0.1) is 11.2 Å². The van der Waals surface area contributed by atoms with Gasteiger partial charge in [-0.25, -0.2) is 4.39 Å². The summed E-state index contributed by atoms with van der Waals surface area (Å²) in [5, 5.41) is 0.863. The molecule has 0 saturated heterocycles. The van der Waals surface area contributed by atoms with Crippen molar-refractivity contribution in [1.29, 1.82) is 0 Å². The van der Waals surface area contributed by atoms with Gasteiger partial charge in [0.15, 0.2) is 0 Å². The lowest BCUT2D eigenvalue weighted by atomic mass is 9.98. The third-order valence-electron chi connectivity index (χ3n) is 1.88. The fourth-order valence-electron chi connectivity index (χ4n) is 0.884. The first-order chi connectivity index (χ1) is 6.94. The van der Waals surface area contributed by atoms with Crippen molar-refractivity contribution in [2.24, 2.45) is 5.41 Å². The van der Waals surface area contributed by atoms with Crippen LogP contribution < -0.4 is 4.74 Å². The van der Waals surface area contributed by atoms with Gasteiger partial charge in [-0.05, 0) is 34.1 Å². The molecule has 0 N–H and O–H groups in total. The highest BCUT2D eigenvalue weighted by Crippen LogP contribution is 2.24. The van der Waals surface area contributed by atoms with Crippen LogP contribution in [-0.4, -0.2) is 11.9 Å². The van der Waals surface area contributed by atoms with E-state index in [1.165, 1.54) is 6.07 Å². The molecule has 1 aromatic carbocycles. The van der Waals surface area contributed by atoms with Gasteiger partial charge in [0, 0.05) is 10.7 Å². The molecule has 0 aliphatic heterocycles. The molecule has 4 heteroatoms. The average Bonchev–Trinajstić information content (AvgIpc) is 2.20. The first kappa shape index (κ1) is 13.0. The topological polar surface area (TPSA) is 9.23 Å². The van der Waals surface area contributed by atoms with E-state index >= 15 is 0 Å². The summed E-state index contributed by atoms with van der Waals surface area (Å²) in [6.45, 7) is 4.79. The molecule has 1 aromatic rings. The molecular formula is C11H13Br2FO. The zero-order valence-corrected chi connectivity index (χ0v) is 11.9. The predicted molar refractivity (Wildman–Crippen MR) is 67.2 cm³/mol. The summed E-state index contributed by atoms with van der Waals surface area (Å²) in [5.41, 5.74) is 0.0703. The standard InChI is InChI=1S/C11H13Br2FO/c1-11(2,6-12)7-15-8-3-4-10(14)9(13)5-8/h3-5H,6-7H2,1-2H3. The Morgan fingerprint density at radius 2 is 2.07 bits per heavy atom. The minimum absolute atomic E-state index is 0.0703. The van der Waals surface area contributed by atoms with Gasteiger partial charge in [0.05, 0.1) is 11.1 Å². The summed E-state index contributed by atoms with van der Waals surface area (Å²) >= 11 is 6.54. The maximum absolute atomic E-state index is 12.9. The highest BCUT2D eigenvalue weighted by Gasteiger charge is 2.17. The molecule has 0 radical (unpaired) electrons. The van der Waals surface area contributed by atoms with Crippen LogP contribution in [0.4, 0.5) is 4.39 Å². The van der Waals surface area contributed by atoms with Gasteiger partial charge in [0.25, 0.3) is 0 Å². The van der Waals surface area contributed by atoms with E-state index in [0.717, 1.165) is 5.33 Å². The number of ether oxygens (including phenoxy) is 1. The lowest BCUT2D eigenvalue weighted by molar-refractivity contribution is 0.203. The molecule has 0 aliphatic rings. The van der Waals surface area contributed by atoms with Crippen LogP contribution in [0.3, 0.4) is 0 Å². The van der Waals surface area contributed by atoms with Crippen LogP contribution >= 0.6 is 31.9 Å². The van der Waals surface area contributed by atoms with Crippen LogP contribution in [0.5, 0.6) is 5.75 Å². The van der Waals surface area contributed by atoms with Crippen LogP contribution in [0.15, 0.2) is 22.7 Å². The molecule has 0 aromatic heterocycles. The van der Waals surface area contributed by atoms with Gasteiger partial charge >= 0.3 is 0 Å². The SMILES string of the molecule is CC(C)(CBr)COc1ccc(F)c(Br)c1. The van der Waals surface area contributed by atoms with E-state index in [1.807, 2.05) is 0 Å². The van der Waals surface area contributed by atoms with Gasteiger partial charge in [-0.3, -0.25) is 0 Å². The molecule has 0 fully saturated rings. The van der Waals surface area contributed by atoms with Crippen LogP contribution in [0.2, 0.25) is 0 Å². The monoisotopic (exact) mass is 338 g/mol. The molecule has 0 bridgehead atoms. The van der Waals surface area contributed by atoms with E-state index in [-0.39, 0.29) is 11.2 Å². The second kappa shape index (κ2) is 5.30. The molecule has 1 nitrogen and oxygen atoms in total. The first-order valence-corrected chi connectivity index (χ1v) is 6.50. The molecule has 0 heterocycles. The van der Waals surface area contributed by atoms with Crippen LogP contribution in [0.25, 0.3) is 0 Å². The number of hydrogen-bond acceptors (Lipinski definition) is 1. The third kappa shape index (κ3) is 4.11. The smallest absolute Gasteiger partial charge is 0.137 e. The van der Waals surface area contributed by atoms with E-state index in [1.54, 1.807) is 12.1 Å². The van der Waals surface area contributed by atoms with Crippen molar-refractivity contribution >= 4 is 31.9 Å². The molecule has 0 unspecified atom stereocenters. The maximum Gasteiger partial charge on any atom is 0.137 e. The summed E-state index contributed by atoms with van der Waals surface area (Å²) in [7, 11) is 0. The molecule has 0 amide bonds. The van der Waals surface area contributed by atoms with Crippen molar-refractivity contribution in [3.05, 3.63) is 28.5 Å². The summed E-state index contributed by atoms with van der Waals surface area (Å²) < 4.78 is 18.9. The van der Waals surface area contributed by atoms with E-state index in [0.29, 0.717) is 16.8 Å². The first-order valence-electron chi connectivity index (χ1n) is 4.58. The minimum atomic E-state index is -0.276. The molecular weight excluding hydrogens is 327 g/mol. The Balaban J connectivity index is 2.62. The number of halogens is 3. The zero-order chi connectivity index (χ0) is 11.5. The second-order valence-electron chi connectivity index (χ2n) is 4.16. The second-order valence-corrected chi connectivity index (χ2v) is 5.58. The number of hydrogen-bond donors (Lipinski definition) is 0. The Morgan fingerprint density at radius 3 is 2.60 bits per heavy atom. The Hall–Kier alpha value is -0.0900. The van der Waals surface area contributed by atoms with Gasteiger partial charge < -0.3 is 4.74 Å². The summed E-state index contributed by atoms with van der Waals surface area (Å²) in [6.07, 6.45) is 0. The largest absolute Gasteiger partial charge is 0.493 e. The summed E-state index contributed by atoms with van der Waals surface area (Å²) in [4.78, 5) is 0. The number of benzene rings is 1. The molecule has 1 rings (SSSR count). The van der Waals surface area contributed by atoms with Crippen molar-refractivity contribution < 1.29 is 9.13 Å². The van der Waals surface area contributed by atoms with Gasteiger partial charge in [0.1, 0.15) is 11.6 Å². The van der Waals surface area contributed by atoms with E-state index < -0.39 is 0 Å². The van der Waals surface area contributed by atoms with Crippen molar-refractivity contribution in [3.63, 3.8) is 0 Å². The van der Waals surface area contributed by atoms with E-state index in [2.05, 4.69) is 45.7 Å². The summed E-state index contributed by atoms with van der Waals surface area (Å²) in [5.74, 6) is 0.402. The molecule has 15 heavy (non-hydrogen) atoms. The quantitative estimate of drug-likeness (QED) is 0.739. The van der Waals surface area contributed by atoms with Gasteiger partial charge in [-0.1, -0.05) is 29.8 Å². The minimum Gasteiger partial charge on any atom is -0.493 e. The maximum atomic E-state index is 12.9. The number of rotatable bonds is 4. The molecule has 0 spiro atoms. The zero-order valence-electron chi connectivity index (χ0n) is 8.69. The summed E-state index contributed by atoms with van der Waals surface area (Å²) in [6, 6.07) is 4.66. The van der Waals surface area contributed by atoms with Crippen LogP contribution in [-0.2, 0) is 0 Å². The Morgan fingerprint density at radius 1 is 1.40 bits per heavy atom. The lowest BCUT2D eigenvalue weighted by Crippen LogP contribution is -2.22. The fourth-order valence-corrected chi connectivity index (χ4v) is 1.40. The number of alkyl halides is 1. The van der Waals surface area contributed by atoms with Gasteiger partial charge in [0.2, 0.25) is 0 Å². The van der Waals surface area contributed by atoms with Crippen LogP contribution in [0.1, 0.15) is 13.8 Å². The molecule has 0 atom stereocenters. The Labute approximate surface area is 106 Å². The van der Waals surface area contributed by atoms with E-state index in [4.69, 9.17) is 4.74 Å². The Bertz CT molecular complexity index is 339. The van der Waals surface area contributed by atoms with E-state index in [9.17, 15) is 4.39 Å². The van der Waals surface area contributed by atoms with Crippen molar-refractivity contribution in [2.75, 3.05) is 11.9 Å². The van der Waals surface area contributed by atoms with Gasteiger partial charge in [-0.15, -0.1) is 0 Å². The van der Waals surface area contributed by atoms with Crippen molar-refractivity contribution in [3.8, 4) is 5.75 Å². The predicted octanol–water partition coefficient (Wildman–Crippen LogP) is 4.39.